The number of anilines is 1. The van der Waals surface area contributed by atoms with E-state index in [0.29, 0.717) is 6.54 Å². The van der Waals surface area contributed by atoms with Crippen LogP contribution in [0.25, 0.3) is 0 Å². The van der Waals surface area contributed by atoms with Crippen molar-refractivity contribution >= 4 is 5.69 Å². The van der Waals surface area contributed by atoms with Crippen molar-refractivity contribution < 1.29 is 4.39 Å². The summed E-state index contributed by atoms with van der Waals surface area (Å²) in [5, 5.41) is 0. The number of benzene rings is 1. The van der Waals surface area contributed by atoms with Crippen molar-refractivity contribution in [3.63, 3.8) is 0 Å². The fourth-order valence-electron chi connectivity index (χ4n) is 2.50. The molecule has 0 amide bonds. The molecule has 1 aliphatic heterocycles. The third-order valence-electron chi connectivity index (χ3n) is 3.42. The van der Waals surface area contributed by atoms with Crippen LogP contribution in [0.1, 0.15) is 31.2 Å². The molecule has 94 valence electrons. The molecule has 0 atom stereocenters. The second-order valence-electron chi connectivity index (χ2n) is 4.68. The molecule has 1 saturated heterocycles. The van der Waals surface area contributed by atoms with Crippen LogP contribution in [-0.4, -0.2) is 19.6 Å². The predicted octanol–water partition coefficient (Wildman–Crippen LogP) is 2.71. The van der Waals surface area contributed by atoms with Gasteiger partial charge in [0, 0.05) is 24.3 Å². The van der Waals surface area contributed by atoms with E-state index in [-0.39, 0.29) is 5.82 Å². The first kappa shape index (κ1) is 12.4. The molecule has 2 nitrogen and oxygen atoms in total. The highest BCUT2D eigenvalue weighted by molar-refractivity contribution is 5.54. The lowest BCUT2D eigenvalue weighted by molar-refractivity contribution is 0.600. The van der Waals surface area contributed by atoms with E-state index in [4.69, 9.17) is 5.73 Å². The average Bonchev–Trinajstić information content (AvgIpc) is 2.85. The fraction of sp³-hybridized carbons (Fsp3) is 0.571. The molecule has 2 rings (SSSR count). The minimum Gasteiger partial charge on any atom is -0.371 e. The second-order valence-corrected chi connectivity index (χ2v) is 4.68. The number of hydrogen-bond donors (Lipinski definition) is 1. The predicted molar refractivity (Wildman–Crippen MR) is 69.8 cm³/mol. The molecule has 0 radical (unpaired) electrons. The van der Waals surface area contributed by atoms with Crippen molar-refractivity contribution in [2.24, 2.45) is 5.73 Å². The Balaban J connectivity index is 2.15. The SMILES string of the molecule is NCCCCc1c(F)cccc1N1CCCC1. The zero-order valence-electron chi connectivity index (χ0n) is 10.3. The number of rotatable bonds is 5. The highest BCUT2D eigenvalue weighted by atomic mass is 19.1. The Hall–Kier alpha value is -1.09. The van der Waals surface area contributed by atoms with E-state index in [1.165, 1.54) is 12.8 Å². The van der Waals surface area contributed by atoms with E-state index in [1.807, 2.05) is 12.1 Å². The van der Waals surface area contributed by atoms with Crippen LogP contribution in [0.3, 0.4) is 0 Å². The molecule has 17 heavy (non-hydrogen) atoms. The summed E-state index contributed by atoms with van der Waals surface area (Å²) < 4.78 is 13.9. The number of unbranched alkanes of at least 4 members (excludes halogenated alkanes) is 1. The van der Waals surface area contributed by atoms with Crippen LogP contribution in [0.5, 0.6) is 0 Å². The molecule has 0 unspecified atom stereocenters. The van der Waals surface area contributed by atoms with Gasteiger partial charge in [-0.05, 0) is 50.8 Å². The maximum Gasteiger partial charge on any atom is 0.128 e. The van der Waals surface area contributed by atoms with Gasteiger partial charge in [-0.25, -0.2) is 4.39 Å². The molecule has 3 heteroatoms. The largest absolute Gasteiger partial charge is 0.371 e. The third-order valence-corrected chi connectivity index (χ3v) is 3.42. The maximum absolute atomic E-state index is 13.9. The Morgan fingerprint density at radius 1 is 1.18 bits per heavy atom. The van der Waals surface area contributed by atoms with Crippen LogP contribution in [0.4, 0.5) is 10.1 Å². The quantitative estimate of drug-likeness (QED) is 0.796. The average molecular weight is 236 g/mol. The van der Waals surface area contributed by atoms with Gasteiger partial charge in [-0.3, -0.25) is 0 Å². The standard InChI is InChI=1S/C14H21FN2/c15-13-7-5-8-14(17-10-3-4-11-17)12(13)6-1-2-9-16/h5,7-8H,1-4,6,9-11,16H2. The molecule has 1 aromatic carbocycles. The summed E-state index contributed by atoms with van der Waals surface area (Å²) in [6, 6.07) is 5.43. The molecule has 2 N–H and O–H groups in total. The number of hydrogen-bond acceptors (Lipinski definition) is 2. The topological polar surface area (TPSA) is 29.3 Å². The van der Waals surface area contributed by atoms with Crippen LogP contribution in [-0.2, 0) is 6.42 Å². The summed E-state index contributed by atoms with van der Waals surface area (Å²) in [6.45, 7) is 2.81. The number of halogens is 1. The summed E-state index contributed by atoms with van der Waals surface area (Å²) in [6.07, 6.45) is 5.18. The first-order valence-electron chi connectivity index (χ1n) is 6.55. The van der Waals surface area contributed by atoms with E-state index >= 15 is 0 Å². The Kier molecular flexibility index (Phi) is 4.37. The molecule has 1 heterocycles. The normalized spacial score (nSPS) is 15.5. The van der Waals surface area contributed by atoms with Gasteiger partial charge in [-0.1, -0.05) is 6.07 Å². The van der Waals surface area contributed by atoms with Crippen molar-refractivity contribution in [2.75, 3.05) is 24.5 Å². The Labute approximate surface area is 103 Å². The smallest absolute Gasteiger partial charge is 0.128 e. The molecule has 0 spiro atoms. The molecular weight excluding hydrogens is 215 g/mol. The maximum atomic E-state index is 13.9. The summed E-state index contributed by atoms with van der Waals surface area (Å²) in [5.41, 5.74) is 7.46. The molecule has 0 bridgehead atoms. The fourth-order valence-corrected chi connectivity index (χ4v) is 2.50. The molecule has 1 aromatic rings. The molecule has 1 aliphatic rings. The van der Waals surface area contributed by atoms with Gasteiger partial charge in [0.25, 0.3) is 0 Å². The second kappa shape index (κ2) is 6.01. The van der Waals surface area contributed by atoms with Gasteiger partial charge in [0.1, 0.15) is 5.82 Å². The molecule has 0 aromatic heterocycles. The summed E-state index contributed by atoms with van der Waals surface area (Å²) in [5.74, 6) is -0.0635. The highest BCUT2D eigenvalue weighted by Crippen LogP contribution is 2.27. The minimum atomic E-state index is -0.0635. The molecule has 0 saturated carbocycles. The Morgan fingerprint density at radius 3 is 2.65 bits per heavy atom. The molecule has 1 fully saturated rings. The highest BCUT2D eigenvalue weighted by Gasteiger charge is 2.17. The van der Waals surface area contributed by atoms with Crippen LogP contribution in [0.15, 0.2) is 18.2 Å². The van der Waals surface area contributed by atoms with E-state index in [9.17, 15) is 4.39 Å². The summed E-state index contributed by atoms with van der Waals surface area (Å²) >= 11 is 0. The van der Waals surface area contributed by atoms with Crippen molar-refractivity contribution in [3.05, 3.63) is 29.6 Å². The molecular formula is C14H21FN2. The van der Waals surface area contributed by atoms with Crippen LogP contribution < -0.4 is 10.6 Å². The summed E-state index contributed by atoms with van der Waals surface area (Å²) in [7, 11) is 0. The van der Waals surface area contributed by atoms with Crippen LogP contribution in [0, 0.1) is 5.82 Å². The van der Waals surface area contributed by atoms with Crippen molar-refractivity contribution in [2.45, 2.75) is 32.1 Å². The molecule has 0 aliphatic carbocycles. The van der Waals surface area contributed by atoms with Crippen LogP contribution >= 0.6 is 0 Å². The van der Waals surface area contributed by atoms with Gasteiger partial charge < -0.3 is 10.6 Å². The lowest BCUT2D eigenvalue weighted by atomic mass is 10.0. The summed E-state index contributed by atoms with van der Waals surface area (Å²) in [4.78, 5) is 2.31. The van der Waals surface area contributed by atoms with Crippen molar-refractivity contribution in [1.29, 1.82) is 0 Å². The van der Waals surface area contributed by atoms with Crippen LogP contribution in [0.2, 0.25) is 0 Å². The van der Waals surface area contributed by atoms with E-state index < -0.39 is 0 Å². The first-order valence-corrected chi connectivity index (χ1v) is 6.55. The van der Waals surface area contributed by atoms with Crippen molar-refractivity contribution in [3.8, 4) is 0 Å². The van der Waals surface area contributed by atoms with Gasteiger partial charge in [0.2, 0.25) is 0 Å². The number of nitrogens with zero attached hydrogens (tertiary/aromatic N) is 1. The lowest BCUT2D eigenvalue weighted by Crippen LogP contribution is -2.20. The zero-order chi connectivity index (χ0) is 12.1. The van der Waals surface area contributed by atoms with Crippen molar-refractivity contribution in [1.82, 2.24) is 0 Å². The van der Waals surface area contributed by atoms with E-state index in [2.05, 4.69) is 4.90 Å². The number of nitrogens with two attached hydrogens (primary N) is 1. The van der Waals surface area contributed by atoms with E-state index in [0.717, 1.165) is 43.6 Å². The monoisotopic (exact) mass is 236 g/mol. The minimum absolute atomic E-state index is 0.0635. The van der Waals surface area contributed by atoms with Gasteiger partial charge in [-0.15, -0.1) is 0 Å². The van der Waals surface area contributed by atoms with Gasteiger partial charge in [-0.2, -0.15) is 0 Å². The third kappa shape index (κ3) is 2.97. The van der Waals surface area contributed by atoms with Gasteiger partial charge in [0.15, 0.2) is 0 Å². The Morgan fingerprint density at radius 2 is 1.94 bits per heavy atom. The lowest BCUT2D eigenvalue weighted by Gasteiger charge is -2.21. The zero-order valence-corrected chi connectivity index (χ0v) is 10.3. The Bertz CT molecular complexity index is 359. The van der Waals surface area contributed by atoms with Gasteiger partial charge >= 0.3 is 0 Å². The van der Waals surface area contributed by atoms with E-state index in [1.54, 1.807) is 6.07 Å². The first-order chi connectivity index (χ1) is 8.33. The van der Waals surface area contributed by atoms with Gasteiger partial charge in [0.05, 0.1) is 0 Å².